The fraction of sp³-hybridized carbons (Fsp3) is 0.526. The largest absolute Gasteiger partial charge is 0.353 e. The van der Waals surface area contributed by atoms with Crippen molar-refractivity contribution < 1.29 is 4.79 Å². The van der Waals surface area contributed by atoms with Gasteiger partial charge in [0.25, 0.3) is 0 Å². The maximum atomic E-state index is 12.3. The van der Waals surface area contributed by atoms with E-state index in [4.69, 9.17) is 11.6 Å². The van der Waals surface area contributed by atoms with E-state index in [1.165, 1.54) is 24.6 Å². The summed E-state index contributed by atoms with van der Waals surface area (Å²) in [6.45, 7) is 4.03. The van der Waals surface area contributed by atoms with Gasteiger partial charge in [0, 0.05) is 24.2 Å². The Balaban J connectivity index is 1.53. The van der Waals surface area contributed by atoms with E-state index in [9.17, 15) is 4.79 Å². The molecule has 0 bridgehead atoms. The van der Waals surface area contributed by atoms with Crippen molar-refractivity contribution in [2.45, 2.75) is 43.8 Å². The van der Waals surface area contributed by atoms with Crippen LogP contribution in [-0.2, 0) is 4.79 Å². The fourth-order valence-corrected chi connectivity index (χ4v) is 4.40. The van der Waals surface area contributed by atoms with Crippen LogP contribution in [-0.4, -0.2) is 45.6 Å². The van der Waals surface area contributed by atoms with Crippen molar-refractivity contribution in [3.8, 4) is 5.69 Å². The van der Waals surface area contributed by atoms with E-state index in [-0.39, 0.29) is 11.9 Å². The SMILES string of the molecule is C[C@@H](NC(=O)CSc1nnc(N2CCCC2)n1-c1cccc(Cl)c1)C1CC1. The number of anilines is 1. The second kappa shape index (κ2) is 8.10. The van der Waals surface area contributed by atoms with Crippen molar-refractivity contribution in [2.24, 2.45) is 5.92 Å². The highest BCUT2D eigenvalue weighted by molar-refractivity contribution is 7.99. The molecular formula is C19H24ClN5OS. The zero-order chi connectivity index (χ0) is 18.8. The van der Waals surface area contributed by atoms with Gasteiger partial charge in [-0.2, -0.15) is 0 Å². The van der Waals surface area contributed by atoms with E-state index in [0.717, 1.165) is 37.6 Å². The minimum atomic E-state index is 0.0442. The number of carbonyl (C=O) groups excluding carboxylic acids is 1. The Labute approximate surface area is 168 Å². The molecule has 0 unspecified atom stereocenters. The van der Waals surface area contributed by atoms with Crippen LogP contribution in [0.1, 0.15) is 32.6 Å². The lowest BCUT2D eigenvalue weighted by Gasteiger charge is -2.18. The van der Waals surface area contributed by atoms with Crippen LogP contribution < -0.4 is 10.2 Å². The highest BCUT2D eigenvalue weighted by Crippen LogP contribution is 2.33. The number of nitrogens with one attached hydrogen (secondary N) is 1. The number of hydrogen-bond donors (Lipinski definition) is 1. The molecule has 1 aliphatic carbocycles. The van der Waals surface area contributed by atoms with Crippen LogP contribution >= 0.6 is 23.4 Å². The summed E-state index contributed by atoms with van der Waals surface area (Å²) in [6, 6.07) is 7.93. The van der Waals surface area contributed by atoms with Crippen LogP contribution in [0.25, 0.3) is 5.69 Å². The third-order valence-corrected chi connectivity index (χ3v) is 6.29. The molecule has 2 heterocycles. The Morgan fingerprint density at radius 3 is 2.81 bits per heavy atom. The van der Waals surface area contributed by atoms with Crippen molar-refractivity contribution in [3.05, 3.63) is 29.3 Å². The standard InChI is InChI=1S/C19H24ClN5OS/c1-13(14-7-8-14)21-17(26)12-27-19-23-22-18(24-9-2-3-10-24)25(19)16-6-4-5-15(20)11-16/h4-6,11,13-14H,2-3,7-10,12H2,1H3,(H,21,26)/t13-/m1/s1. The smallest absolute Gasteiger partial charge is 0.232 e. The molecule has 2 aliphatic rings. The van der Waals surface area contributed by atoms with E-state index in [0.29, 0.717) is 21.8 Å². The van der Waals surface area contributed by atoms with Gasteiger partial charge in [0.2, 0.25) is 11.9 Å². The topological polar surface area (TPSA) is 63.1 Å². The second-order valence-electron chi connectivity index (χ2n) is 7.27. The lowest BCUT2D eigenvalue weighted by Crippen LogP contribution is -2.35. The molecule has 6 nitrogen and oxygen atoms in total. The fourth-order valence-electron chi connectivity index (χ4n) is 3.46. The van der Waals surface area contributed by atoms with Gasteiger partial charge in [0.05, 0.1) is 11.4 Å². The van der Waals surface area contributed by atoms with Crippen molar-refractivity contribution in [1.29, 1.82) is 0 Å². The maximum Gasteiger partial charge on any atom is 0.232 e. The van der Waals surface area contributed by atoms with Crippen molar-refractivity contribution in [3.63, 3.8) is 0 Å². The summed E-state index contributed by atoms with van der Waals surface area (Å²) >= 11 is 7.62. The van der Waals surface area contributed by atoms with E-state index < -0.39 is 0 Å². The molecule has 1 saturated carbocycles. The molecule has 1 aliphatic heterocycles. The molecule has 1 aromatic heterocycles. The molecule has 1 atom stereocenters. The molecule has 1 saturated heterocycles. The van der Waals surface area contributed by atoms with Crippen LogP contribution in [0, 0.1) is 5.92 Å². The summed E-state index contributed by atoms with van der Waals surface area (Å²) in [5.74, 6) is 1.85. The first-order valence-corrected chi connectivity index (χ1v) is 10.9. The lowest BCUT2D eigenvalue weighted by atomic mass is 10.2. The van der Waals surface area contributed by atoms with Crippen LogP contribution in [0.5, 0.6) is 0 Å². The first kappa shape index (κ1) is 18.6. The van der Waals surface area contributed by atoms with Crippen LogP contribution in [0.2, 0.25) is 5.02 Å². The number of thioether (sulfide) groups is 1. The van der Waals surface area contributed by atoms with Gasteiger partial charge in [-0.25, -0.2) is 0 Å². The highest BCUT2D eigenvalue weighted by Gasteiger charge is 2.29. The monoisotopic (exact) mass is 405 g/mol. The molecule has 27 heavy (non-hydrogen) atoms. The van der Waals surface area contributed by atoms with Gasteiger partial charge in [-0.15, -0.1) is 10.2 Å². The van der Waals surface area contributed by atoms with Crippen LogP contribution in [0.3, 0.4) is 0 Å². The number of hydrogen-bond acceptors (Lipinski definition) is 5. The normalized spacial score (nSPS) is 17.9. The minimum Gasteiger partial charge on any atom is -0.353 e. The summed E-state index contributed by atoms with van der Waals surface area (Å²) in [4.78, 5) is 14.5. The number of amides is 1. The van der Waals surface area contributed by atoms with E-state index in [2.05, 4.69) is 27.3 Å². The van der Waals surface area contributed by atoms with E-state index in [1.807, 2.05) is 28.8 Å². The van der Waals surface area contributed by atoms with Gasteiger partial charge in [-0.3, -0.25) is 9.36 Å². The predicted molar refractivity (Wildman–Crippen MR) is 109 cm³/mol. The van der Waals surface area contributed by atoms with Crippen molar-refractivity contribution in [2.75, 3.05) is 23.7 Å². The van der Waals surface area contributed by atoms with Gasteiger partial charge in [-0.1, -0.05) is 29.4 Å². The first-order valence-electron chi connectivity index (χ1n) is 9.50. The summed E-state index contributed by atoms with van der Waals surface area (Å²) in [6.07, 6.45) is 4.76. The second-order valence-corrected chi connectivity index (χ2v) is 8.65. The Morgan fingerprint density at radius 2 is 2.11 bits per heavy atom. The lowest BCUT2D eigenvalue weighted by molar-refractivity contribution is -0.119. The van der Waals surface area contributed by atoms with E-state index >= 15 is 0 Å². The Bertz CT molecular complexity index is 816. The third kappa shape index (κ3) is 4.41. The molecular weight excluding hydrogens is 382 g/mol. The molecule has 0 spiro atoms. The quantitative estimate of drug-likeness (QED) is 0.714. The number of nitrogens with zero attached hydrogens (tertiary/aromatic N) is 4. The average molecular weight is 406 g/mol. The zero-order valence-corrected chi connectivity index (χ0v) is 17.0. The molecule has 8 heteroatoms. The maximum absolute atomic E-state index is 12.3. The predicted octanol–water partition coefficient (Wildman–Crippen LogP) is 3.53. The Hall–Kier alpha value is -1.73. The molecule has 144 valence electrons. The molecule has 1 aromatic carbocycles. The summed E-state index contributed by atoms with van der Waals surface area (Å²) in [5, 5.41) is 13.3. The molecule has 1 N–H and O–H groups in total. The van der Waals surface area contributed by atoms with Crippen molar-refractivity contribution >= 4 is 35.2 Å². The molecule has 2 aromatic rings. The molecule has 0 radical (unpaired) electrons. The number of rotatable bonds is 7. The van der Waals surface area contributed by atoms with Crippen LogP contribution in [0.15, 0.2) is 29.4 Å². The van der Waals surface area contributed by atoms with Gasteiger partial charge < -0.3 is 10.2 Å². The third-order valence-electron chi connectivity index (χ3n) is 5.12. The summed E-state index contributed by atoms with van der Waals surface area (Å²) < 4.78 is 2.01. The van der Waals surface area contributed by atoms with Gasteiger partial charge in [0.15, 0.2) is 5.16 Å². The van der Waals surface area contributed by atoms with Gasteiger partial charge in [0.1, 0.15) is 0 Å². The van der Waals surface area contributed by atoms with Crippen LogP contribution in [0.4, 0.5) is 5.95 Å². The number of aromatic nitrogens is 3. The highest BCUT2D eigenvalue weighted by atomic mass is 35.5. The first-order chi connectivity index (χ1) is 13.1. The Kier molecular flexibility index (Phi) is 5.59. The summed E-state index contributed by atoms with van der Waals surface area (Å²) in [5.41, 5.74) is 0.920. The number of benzene rings is 1. The molecule has 4 rings (SSSR count). The number of carbonyl (C=O) groups is 1. The average Bonchev–Trinajstić information content (AvgIpc) is 3.20. The van der Waals surface area contributed by atoms with Crippen molar-refractivity contribution in [1.82, 2.24) is 20.1 Å². The van der Waals surface area contributed by atoms with E-state index in [1.54, 1.807) is 0 Å². The zero-order valence-electron chi connectivity index (χ0n) is 15.4. The summed E-state index contributed by atoms with van der Waals surface area (Å²) in [7, 11) is 0. The van der Waals surface area contributed by atoms with Gasteiger partial charge >= 0.3 is 0 Å². The molecule has 1 amide bonds. The Morgan fingerprint density at radius 1 is 1.33 bits per heavy atom. The molecule has 2 fully saturated rings. The van der Waals surface area contributed by atoms with Gasteiger partial charge in [-0.05, 0) is 56.7 Å². The number of halogens is 1. The minimum absolute atomic E-state index is 0.0442.